The summed E-state index contributed by atoms with van der Waals surface area (Å²) >= 11 is -0.350. The minimum atomic E-state index is -1.41. The summed E-state index contributed by atoms with van der Waals surface area (Å²) in [5, 5.41) is 0. The molecule has 0 aromatic heterocycles. The van der Waals surface area contributed by atoms with Crippen molar-refractivity contribution < 1.29 is 4.43 Å². The summed E-state index contributed by atoms with van der Waals surface area (Å²) in [4.78, 5) is 0. The molecule has 0 fully saturated rings. The van der Waals surface area contributed by atoms with Gasteiger partial charge in [0.1, 0.15) is 0 Å². The maximum Gasteiger partial charge on any atom is 0.500 e. The van der Waals surface area contributed by atoms with Crippen LogP contribution in [-0.2, 0) is 4.43 Å². The highest BCUT2D eigenvalue weighted by molar-refractivity contribution is 7.00. The predicted octanol–water partition coefficient (Wildman–Crippen LogP) is 2.82. The standard InChI is InChI=1S/C7H17OSi.ClH.Mg/c1-7(2,3)8-9(4,5)6;;/h4H2,1-3,5-6H3;1H;/q;;+1/p-1. The van der Waals surface area contributed by atoms with Gasteiger partial charge in [0.15, 0.2) is 8.32 Å². The molecule has 0 bridgehead atoms. The van der Waals surface area contributed by atoms with Gasteiger partial charge < -0.3 is 13.5 Å². The van der Waals surface area contributed by atoms with Crippen LogP contribution in [0, 0.1) is 0 Å². The fourth-order valence-corrected chi connectivity index (χ4v) is 9.09. The van der Waals surface area contributed by atoms with Crippen LogP contribution in [0.1, 0.15) is 20.8 Å². The van der Waals surface area contributed by atoms with Crippen molar-refractivity contribution in [3.05, 3.63) is 0 Å². The maximum atomic E-state index is 5.95. The fourth-order valence-electron chi connectivity index (χ4n) is 1.11. The Balaban J connectivity index is 3.91. The summed E-state index contributed by atoms with van der Waals surface area (Å²) in [5.74, 6) is 0. The molecule has 0 heterocycles. The highest BCUT2D eigenvalue weighted by Crippen LogP contribution is 2.19. The lowest BCUT2D eigenvalue weighted by atomic mass is 10.2. The van der Waals surface area contributed by atoms with Gasteiger partial charge >= 0.3 is 19.3 Å². The Kier molecular flexibility index (Phi) is 4.96. The van der Waals surface area contributed by atoms with Crippen LogP contribution >= 0.6 is 9.07 Å². The second kappa shape index (κ2) is 4.46. The summed E-state index contributed by atoms with van der Waals surface area (Å²) < 4.78 is 7.13. The van der Waals surface area contributed by atoms with Gasteiger partial charge in [0, 0.05) is 5.60 Å². The van der Waals surface area contributed by atoms with E-state index in [4.69, 9.17) is 13.5 Å². The highest BCUT2D eigenvalue weighted by atomic mass is 35.5. The third-order valence-electron chi connectivity index (χ3n) is 1.28. The predicted molar refractivity (Wildman–Crippen MR) is 54.7 cm³/mol. The van der Waals surface area contributed by atoms with E-state index in [2.05, 4.69) is 33.9 Å². The van der Waals surface area contributed by atoms with Crippen molar-refractivity contribution in [3.8, 4) is 0 Å². The molecule has 0 aliphatic heterocycles. The molecule has 0 saturated heterocycles. The van der Waals surface area contributed by atoms with Crippen molar-refractivity contribution in [3.63, 3.8) is 0 Å². The van der Waals surface area contributed by atoms with Gasteiger partial charge in [0.05, 0.1) is 0 Å². The van der Waals surface area contributed by atoms with Gasteiger partial charge in [0.25, 0.3) is 0 Å². The molecule has 0 unspecified atom stereocenters. The van der Waals surface area contributed by atoms with Gasteiger partial charge in [-0.2, -0.15) is 0 Å². The summed E-state index contributed by atoms with van der Waals surface area (Å²) in [6.45, 7) is 10.8. The van der Waals surface area contributed by atoms with Crippen molar-refractivity contribution in [1.82, 2.24) is 0 Å². The number of rotatable bonds is 3. The van der Waals surface area contributed by atoms with E-state index in [1.807, 2.05) is 0 Å². The van der Waals surface area contributed by atoms with Crippen LogP contribution in [0.2, 0.25) is 17.3 Å². The van der Waals surface area contributed by atoms with Crippen molar-refractivity contribution in [1.29, 1.82) is 0 Å². The zero-order valence-electron chi connectivity index (χ0n) is 8.20. The molecule has 0 aliphatic rings. The van der Waals surface area contributed by atoms with Gasteiger partial charge in [-0.15, -0.1) is 4.17 Å². The molecule has 1 nitrogen and oxygen atoms in total. The Hall–Kier alpha value is 1.23. The molecular formula is C7H17ClMgOSi. The normalized spacial score (nSPS) is 12.9. The minimum absolute atomic E-state index is 0.0101. The third kappa shape index (κ3) is 7.59. The monoisotopic (exact) mass is 204 g/mol. The van der Waals surface area contributed by atoms with E-state index >= 15 is 0 Å². The van der Waals surface area contributed by atoms with Crippen LogP contribution in [0.4, 0.5) is 0 Å². The first-order valence-electron chi connectivity index (χ1n) is 4.03. The molecule has 0 spiro atoms. The molecule has 0 radical (unpaired) electrons. The van der Waals surface area contributed by atoms with Crippen molar-refractivity contribution in [2.45, 2.75) is 43.6 Å². The molecule has 0 saturated carbocycles. The van der Waals surface area contributed by atoms with E-state index < -0.39 is 8.32 Å². The molecule has 0 amide bonds. The molecule has 4 heteroatoms. The molecule has 0 atom stereocenters. The van der Waals surface area contributed by atoms with E-state index in [-0.39, 0.29) is 24.9 Å². The quantitative estimate of drug-likeness (QED) is 0.643. The van der Waals surface area contributed by atoms with E-state index in [0.717, 1.165) is 0 Å². The number of hydrogen-bond donors (Lipinski definition) is 0. The zero-order valence-corrected chi connectivity index (χ0v) is 11.4. The van der Waals surface area contributed by atoms with Crippen molar-refractivity contribution in [2.75, 3.05) is 0 Å². The van der Waals surface area contributed by atoms with Crippen molar-refractivity contribution >= 4 is 36.7 Å². The SMILES string of the molecule is CC(C)(C)O[Si](C)(C)[CH2][Mg][Cl]. The molecular weight excluding hydrogens is 188 g/mol. The highest BCUT2D eigenvalue weighted by Gasteiger charge is 2.27. The molecule has 11 heavy (non-hydrogen) atoms. The number of hydrogen-bond acceptors (Lipinski definition) is 1. The lowest BCUT2D eigenvalue weighted by Gasteiger charge is -2.32. The van der Waals surface area contributed by atoms with Gasteiger partial charge in [-0.3, -0.25) is 0 Å². The second-order valence-electron chi connectivity index (χ2n) is 4.41. The Bertz CT molecular complexity index is 122. The zero-order chi connectivity index (χ0) is 9.12. The fraction of sp³-hybridized carbons (Fsp3) is 1.00. The Morgan fingerprint density at radius 2 is 1.82 bits per heavy atom. The van der Waals surface area contributed by atoms with Crippen LogP contribution in [0.3, 0.4) is 0 Å². The lowest BCUT2D eigenvalue weighted by Crippen LogP contribution is -2.39. The largest absolute Gasteiger partial charge is 0.500 e. The summed E-state index contributed by atoms with van der Waals surface area (Å²) in [6.07, 6.45) is 0. The Labute approximate surface area is 84.5 Å². The van der Waals surface area contributed by atoms with E-state index in [0.29, 0.717) is 0 Å². The minimum Gasteiger partial charge on any atom is -0.415 e. The molecule has 0 N–H and O–H groups in total. The number of halogens is 1. The average molecular weight is 205 g/mol. The van der Waals surface area contributed by atoms with Crippen LogP contribution in [0.25, 0.3) is 0 Å². The van der Waals surface area contributed by atoms with Crippen LogP contribution < -0.4 is 0 Å². The summed E-state index contributed by atoms with van der Waals surface area (Å²) in [5.41, 5.74) is 0.0101. The molecule has 0 aliphatic carbocycles. The van der Waals surface area contributed by atoms with E-state index in [1.165, 1.54) is 4.17 Å². The van der Waals surface area contributed by atoms with Gasteiger partial charge in [-0.05, 0) is 33.9 Å². The summed E-state index contributed by atoms with van der Waals surface area (Å²) in [6, 6.07) is 0. The Morgan fingerprint density at radius 3 is 2.09 bits per heavy atom. The smallest absolute Gasteiger partial charge is 0.415 e. The van der Waals surface area contributed by atoms with Gasteiger partial charge in [-0.25, -0.2) is 0 Å². The topological polar surface area (TPSA) is 9.23 Å². The maximum absolute atomic E-state index is 5.95. The average Bonchev–Trinajstić information content (AvgIpc) is 1.55. The van der Waals surface area contributed by atoms with E-state index in [1.54, 1.807) is 0 Å². The summed E-state index contributed by atoms with van der Waals surface area (Å²) in [7, 11) is 4.40. The lowest BCUT2D eigenvalue weighted by molar-refractivity contribution is 0.122. The van der Waals surface area contributed by atoms with E-state index in [9.17, 15) is 0 Å². The molecule has 0 aromatic carbocycles. The van der Waals surface area contributed by atoms with Crippen LogP contribution in [-0.4, -0.2) is 33.2 Å². The molecule has 0 aromatic rings. The van der Waals surface area contributed by atoms with Crippen LogP contribution in [0.5, 0.6) is 0 Å². The first-order valence-corrected chi connectivity index (χ1v) is 10.3. The second-order valence-corrected chi connectivity index (χ2v) is 11.6. The van der Waals surface area contributed by atoms with Gasteiger partial charge in [-0.1, -0.05) is 0 Å². The third-order valence-corrected chi connectivity index (χ3v) is 9.72. The Morgan fingerprint density at radius 1 is 1.36 bits per heavy atom. The first kappa shape index (κ1) is 12.2. The molecule has 64 valence electrons. The van der Waals surface area contributed by atoms with Crippen LogP contribution in [0.15, 0.2) is 0 Å². The first-order chi connectivity index (χ1) is 4.77. The van der Waals surface area contributed by atoms with Crippen molar-refractivity contribution in [2.24, 2.45) is 0 Å². The van der Waals surface area contributed by atoms with Gasteiger partial charge in [0.2, 0.25) is 0 Å². The molecule has 0 rings (SSSR count).